The summed E-state index contributed by atoms with van der Waals surface area (Å²) in [6.45, 7) is -0.144. The summed E-state index contributed by atoms with van der Waals surface area (Å²) in [4.78, 5) is 0.929. The van der Waals surface area contributed by atoms with Gasteiger partial charge in [0.25, 0.3) is 0 Å². The van der Waals surface area contributed by atoms with Crippen LogP contribution >= 0.6 is 27.7 Å². The van der Waals surface area contributed by atoms with Gasteiger partial charge in [0.05, 0.1) is 10.0 Å². The van der Waals surface area contributed by atoms with Crippen LogP contribution in [0.4, 0.5) is 8.78 Å². The Morgan fingerprint density at radius 3 is 2.63 bits per heavy atom. The number of hydrogen-bond donors (Lipinski definition) is 0. The zero-order valence-electron chi connectivity index (χ0n) is 10.1. The van der Waals surface area contributed by atoms with Crippen molar-refractivity contribution in [3.63, 3.8) is 0 Å². The van der Waals surface area contributed by atoms with Gasteiger partial charge in [-0.1, -0.05) is 12.1 Å². The quantitative estimate of drug-likeness (QED) is 0.568. The fourth-order valence-corrected chi connectivity index (χ4v) is 2.50. The Morgan fingerprint density at radius 1 is 1.16 bits per heavy atom. The molecule has 0 unspecified atom stereocenters. The van der Waals surface area contributed by atoms with Gasteiger partial charge in [0.15, 0.2) is 0 Å². The van der Waals surface area contributed by atoms with Gasteiger partial charge in [-0.25, -0.2) is 8.78 Å². The van der Waals surface area contributed by atoms with Gasteiger partial charge in [-0.05, 0) is 46.5 Å². The van der Waals surface area contributed by atoms with Crippen LogP contribution < -0.4 is 4.74 Å². The van der Waals surface area contributed by atoms with E-state index in [-0.39, 0.29) is 16.6 Å². The van der Waals surface area contributed by atoms with Crippen LogP contribution in [0, 0.1) is 11.6 Å². The first-order valence-corrected chi connectivity index (χ1v) is 7.53. The van der Waals surface area contributed by atoms with Crippen molar-refractivity contribution in [3.05, 3.63) is 58.1 Å². The van der Waals surface area contributed by atoms with Crippen molar-refractivity contribution in [2.45, 2.75) is 11.5 Å². The lowest BCUT2D eigenvalue weighted by Gasteiger charge is -2.11. The van der Waals surface area contributed by atoms with Crippen LogP contribution in [-0.4, -0.2) is 6.26 Å². The van der Waals surface area contributed by atoms with Gasteiger partial charge in [0, 0.05) is 4.90 Å². The highest BCUT2D eigenvalue weighted by Crippen LogP contribution is 2.29. The molecule has 0 amide bonds. The van der Waals surface area contributed by atoms with Crippen LogP contribution in [0.5, 0.6) is 5.75 Å². The van der Waals surface area contributed by atoms with Gasteiger partial charge in [0.2, 0.25) is 0 Å². The van der Waals surface area contributed by atoms with Crippen LogP contribution in [0.25, 0.3) is 0 Å². The van der Waals surface area contributed by atoms with Crippen LogP contribution in [-0.2, 0) is 6.61 Å². The van der Waals surface area contributed by atoms with Gasteiger partial charge < -0.3 is 4.74 Å². The van der Waals surface area contributed by atoms with Crippen molar-refractivity contribution < 1.29 is 13.5 Å². The molecule has 0 aromatic heterocycles. The summed E-state index contributed by atoms with van der Waals surface area (Å²) in [5.74, 6) is -0.613. The molecular weight excluding hydrogens is 334 g/mol. The molecular formula is C14H11BrF2OS. The van der Waals surface area contributed by atoms with E-state index in [2.05, 4.69) is 15.9 Å². The maximum atomic E-state index is 13.8. The van der Waals surface area contributed by atoms with E-state index >= 15 is 0 Å². The van der Waals surface area contributed by atoms with Gasteiger partial charge >= 0.3 is 0 Å². The number of benzene rings is 2. The molecule has 0 aliphatic carbocycles. The van der Waals surface area contributed by atoms with Crippen molar-refractivity contribution in [2.75, 3.05) is 6.26 Å². The van der Waals surface area contributed by atoms with Crippen molar-refractivity contribution in [2.24, 2.45) is 0 Å². The highest BCUT2D eigenvalue weighted by Gasteiger charge is 2.13. The van der Waals surface area contributed by atoms with Crippen molar-refractivity contribution in [1.29, 1.82) is 0 Å². The van der Waals surface area contributed by atoms with Crippen LogP contribution in [0.1, 0.15) is 5.56 Å². The van der Waals surface area contributed by atoms with Crippen molar-refractivity contribution in [3.8, 4) is 5.75 Å². The molecule has 0 fully saturated rings. The van der Waals surface area contributed by atoms with E-state index < -0.39 is 11.6 Å². The Kier molecular flexibility index (Phi) is 4.82. The first-order chi connectivity index (χ1) is 9.13. The molecule has 2 aromatic carbocycles. The molecule has 0 atom stereocenters. The molecule has 0 heterocycles. The summed E-state index contributed by atoms with van der Waals surface area (Å²) in [7, 11) is 0. The number of halogens is 3. The van der Waals surface area contributed by atoms with Gasteiger partial charge in [-0.2, -0.15) is 0 Å². The first kappa shape index (κ1) is 14.3. The lowest BCUT2D eigenvalue weighted by atomic mass is 10.2. The van der Waals surface area contributed by atoms with Crippen molar-refractivity contribution >= 4 is 27.7 Å². The Hall–Kier alpha value is -1.07. The Bertz CT molecular complexity index is 590. The third kappa shape index (κ3) is 3.28. The first-order valence-electron chi connectivity index (χ1n) is 5.51. The molecule has 2 rings (SSSR count). The second-order valence-electron chi connectivity index (χ2n) is 3.76. The average molecular weight is 345 g/mol. The predicted molar refractivity (Wildman–Crippen MR) is 76.6 cm³/mol. The van der Waals surface area contributed by atoms with E-state index in [1.807, 2.05) is 24.5 Å². The standard InChI is InChI=1S/C14H11BrF2OS/c1-19-13-5-3-2-4-12(13)18-8-9-11(16)7-6-10(15)14(9)17/h2-7H,8H2,1H3. The Morgan fingerprint density at radius 2 is 1.89 bits per heavy atom. The second kappa shape index (κ2) is 6.39. The molecule has 0 bridgehead atoms. The average Bonchev–Trinajstić information content (AvgIpc) is 2.43. The molecule has 0 spiro atoms. The third-order valence-corrected chi connectivity index (χ3v) is 3.97. The lowest BCUT2D eigenvalue weighted by Crippen LogP contribution is -2.03. The summed E-state index contributed by atoms with van der Waals surface area (Å²) in [5.41, 5.74) is -0.0784. The fraction of sp³-hybridized carbons (Fsp3) is 0.143. The molecule has 100 valence electrons. The Balaban J connectivity index is 2.21. The molecule has 5 heteroatoms. The maximum absolute atomic E-state index is 13.8. The molecule has 0 N–H and O–H groups in total. The fourth-order valence-electron chi connectivity index (χ4n) is 1.59. The minimum absolute atomic E-state index is 0.0784. The highest BCUT2D eigenvalue weighted by atomic mass is 79.9. The zero-order valence-corrected chi connectivity index (χ0v) is 12.5. The summed E-state index contributed by atoms with van der Waals surface area (Å²) in [6, 6.07) is 9.94. The minimum atomic E-state index is -0.623. The SMILES string of the molecule is CSc1ccccc1OCc1c(F)ccc(Br)c1F. The monoisotopic (exact) mass is 344 g/mol. The number of hydrogen-bond acceptors (Lipinski definition) is 2. The molecule has 19 heavy (non-hydrogen) atoms. The molecule has 0 saturated carbocycles. The zero-order chi connectivity index (χ0) is 13.8. The highest BCUT2D eigenvalue weighted by molar-refractivity contribution is 9.10. The van der Waals surface area contributed by atoms with E-state index in [1.54, 1.807) is 6.07 Å². The normalized spacial score (nSPS) is 10.5. The van der Waals surface area contributed by atoms with Gasteiger partial charge in [-0.3, -0.25) is 0 Å². The summed E-state index contributed by atoms with van der Waals surface area (Å²) < 4.78 is 33.1. The van der Waals surface area contributed by atoms with E-state index in [4.69, 9.17) is 4.74 Å². The minimum Gasteiger partial charge on any atom is -0.488 e. The van der Waals surface area contributed by atoms with E-state index in [9.17, 15) is 8.78 Å². The largest absolute Gasteiger partial charge is 0.488 e. The lowest BCUT2D eigenvalue weighted by molar-refractivity contribution is 0.285. The third-order valence-electron chi connectivity index (χ3n) is 2.58. The van der Waals surface area contributed by atoms with E-state index in [1.165, 1.54) is 23.9 Å². The van der Waals surface area contributed by atoms with Crippen LogP contribution in [0.2, 0.25) is 0 Å². The maximum Gasteiger partial charge on any atom is 0.146 e. The molecule has 2 aromatic rings. The second-order valence-corrected chi connectivity index (χ2v) is 5.46. The summed E-state index contributed by atoms with van der Waals surface area (Å²) in [5, 5.41) is 0. The van der Waals surface area contributed by atoms with Crippen molar-refractivity contribution in [1.82, 2.24) is 0 Å². The van der Waals surface area contributed by atoms with Crippen LogP contribution in [0.15, 0.2) is 45.8 Å². The number of ether oxygens (including phenoxy) is 1. The van der Waals surface area contributed by atoms with Crippen LogP contribution in [0.3, 0.4) is 0 Å². The van der Waals surface area contributed by atoms with E-state index in [0.717, 1.165) is 4.90 Å². The van der Waals surface area contributed by atoms with E-state index in [0.29, 0.717) is 5.75 Å². The molecule has 0 aliphatic rings. The molecule has 0 radical (unpaired) electrons. The summed E-state index contributed by atoms with van der Waals surface area (Å²) >= 11 is 4.55. The number of rotatable bonds is 4. The molecule has 0 aliphatic heterocycles. The van der Waals surface area contributed by atoms with Gasteiger partial charge in [-0.15, -0.1) is 11.8 Å². The Labute approximate surface area is 123 Å². The topological polar surface area (TPSA) is 9.23 Å². The van der Waals surface area contributed by atoms with Gasteiger partial charge in [0.1, 0.15) is 24.0 Å². The number of thioether (sulfide) groups is 1. The molecule has 0 saturated heterocycles. The number of para-hydroxylation sites is 1. The smallest absolute Gasteiger partial charge is 0.146 e. The predicted octanol–water partition coefficient (Wildman–Crippen LogP) is 5.03. The molecule has 1 nitrogen and oxygen atoms in total. The summed E-state index contributed by atoms with van der Waals surface area (Å²) in [6.07, 6.45) is 1.92.